The van der Waals surface area contributed by atoms with Crippen molar-refractivity contribution in [2.24, 2.45) is 5.14 Å². The molecule has 3 rings (SSSR count). The monoisotopic (exact) mass is 302 g/mol. The number of nitrogens with one attached hydrogen (secondary N) is 1. The molecule has 0 saturated heterocycles. The molecule has 21 heavy (non-hydrogen) atoms. The number of hydrogen-bond donors (Lipinski definition) is 2. The zero-order valence-corrected chi connectivity index (χ0v) is 11.4. The highest BCUT2D eigenvalue weighted by Crippen LogP contribution is 2.19. The van der Waals surface area contributed by atoms with Gasteiger partial charge in [0.05, 0.1) is 11.1 Å². The number of aromatic amines is 1. The van der Waals surface area contributed by atoms with Crippen LogP contribution in [0.4, 0.5) is 0 Å². The van der Waals surface area contributed by atoms with E-state index in [0.717, 1.165) is 0 Å². The maximum Gasteiger partial charge on any atom is 0.238 e. The first-order chi connectivity index (χ1) is 10.0. The van der Waals surface area contributed by atoms with Crippen LogP contribution >= 0.6 is 0 Å². The molecule has 2 heterocycles. The molecule has 0 unspecified atom stereocenters. The quantitative estimate of drug-likeness (QED) is 0.728. The van der Waals surface area contributed by atoms with E-state index in [9.17, 15) is 8.42 Å². The van der Waals surface area contributed by atoms with E-state index in [1.54, 1.807) is 30.7 Å². The molecule has 0 fully saturated rings. The van der Waals surface area contributed by atoms with Crippen LogP contribution in [0, 0.1) is 0 Å². The number of rotatable bonds is 3. The molecule has 0 amide bonds. The van der Waals surface area contributed by atoms with Crippen molar-refractivity contribution in [3.8, 4) is 22.9 Å². The van der Waals surface area contributed by atoms with E-state index in [4.69, 9.17) is 5.14 Å². The molecule has 8 nitrogen and oxygen atoms in total. The molecular formula is C12H10N6O2S. The van der Waals surface area contributed by atoms with Crippen molar-refractivity contribution < 1.29 is 8.42 Å². The smallest absolute Gasteiger partial charge is 0.238 e. The summed E-state index contributed by atoms with van der Waals surface area (Å²) in [6.45, 7) is 0. The summed E-state index contributed by atoms with van der Waals surface area (Å²) in [5.41, 5.74) is 1.23. The van der Waals surface area contributed by atoms with E-state index in [2.05, 4.69) is 25.1 Å². The summed E-state index contributed by atoms with van der Waals surface area (Å²) >= 11 is 0. The fourth-order valence-electron chi connectivity index (χ4n) is 1.72. The third-order valence-corrected chi connectivity index (χ3v) is 3.66. The van der Waals surface area contributed by atoms with Gasteiger partial charge in [0.15, 0.2) is 11.6 Å². The van der Waals surface area contributed by atoms with Gasteiger partial charge < -0.3 is 0 Å². The fourth-order valence-corrected chi connectivity index (χ4v) is 2.24. The molecule has 0 radical (unpaired) electrons. The molecule has 0 bridgehead atoms. The Labute approximate surface area is 120 Å². The average molecular weight is 302 g/mol. The number of hydrogen-bond acceptors (Lipinski definition) is 6. The summed E-state index contributed by atoms with van der Waals surface area (Å²) in [4.78, 5) is 12.4. The molecule has 0 saturated carbocycles. The lowest BCUT2D eigenvalue weighted by Gasteiger charge is -1.98. The third-order valence-electron chi connectivity index (χ3n) is 2.73. The van der Waals surface area contributed by atoms with Crippen LogP contribution in [0.5, 0.6) is 0 Å². The van der Waals surface area contributed by atoms with Crippen LogP contribution in [-0.2, 0) is 10.0 Å². The maximum atomic E-state index is 11.2. The molecule has 0 aliphatic carbocycles. The van der Waals surface area contributed by atoms with Gasteiger partial charge in [0, 0.05) is 18.0 Å². The lowest BCUT2D eigenvalue weighted by molar-refractivity contribution is 0.598. The van der Waals surface area contributed by atoms with Gasteiger partial charge in [-0.1, -0.05) is 0 Å². The number of benzene rings is 1. The van der Waals surface area contributed by atoms with Crippen molar-refractivity contribution in [2.75, 3.05) is 0 Å². The van der Waals surface area contributed by atoms with Crippen molar-refractivity contribution in [3.05, 3.63) is 42.9 Å². The maximum absolute atomic E-state index is 11.2. The van der Waals surface area contributed by atoms with Crippen molar-refractivity contribution in [2.45, 2.75) is 4.90 Å². The molecule has 1 aromatic carbocycles. The zero-order valence-electron chi connectivity index (χ0n) is 10.6. The summed E-state index contributed by atoms with van der Waals surface area (Å²) in [5.74, 6) is 0.908. The molecule has 9 heteroatoms. The predicted molar refractivity (Wildman–Crippen MR) is 74.2 cm³/mol. The predicted octanol–water partition coefficient (Wildman–Crippen LogP) is 0.576. The fraction of sp³-hybridized carbons (Fsp3) is 0. The van der Waals surface area contributed by atoms with Crippen LogP contribution in [0.25, 0.3) is 22.9 Å². The summed E-state index contributed by atoms with van der Waals surface area (Å²) in [5, 5.41) is 11.9. The minimum atomic E-state index is -3.71. The Balaban J connectivity index is 1.94. The summed E-state index contributed by atoms with van der Waals surface area (Å²) in [6, 6.07) is 5.98. The molecule has 0 atom stereocenters. The molecule has 3 aromatic rings. The van der Waals surface area contributed by atoms with E-state index >= 15 is 0 Å². The zero-order chi connectivity index (χ0) is 14.9. The Kier molecular flexibility index (Phi) is 3.20. The summed E-state index contributed by atoms with van der Waals surface area (Å²) < 4.78 is 22.4. The third kappa shape index (κ3) is 2.78. The van der Waals surface area contributed by atoms with Crippen molar-refractivity contribution in [3.63, 3.8) is 0 Å². The lowest BCUT2D eigenvalue weighted by atomic mass is 10.2. The van der Waals surface area contributed by atoms with E-state index in [-0.39, 0.29) is 4.90 Å². The molecule has 0 aliphatic rings. The first-order valence-corrected chi connectivity index (χ1v) is 7.41. The number of H-pyrrole nitrogens is 1. The van der Waals surface area contributed by atoms with Gasteiger partial charge in [-0.2, -0.15) is 5.10 Å². The molecule has 106 valence electrons. The second-order valence-electron chi connectivity index (χ2n) is 4.17. The molecule has 3 N–H and O–H groups in total. The molecular weight excluding hydrogens is 292 g/mol. The van der Waals surface area contributed by atoms with Crippen molar-refractivity contribution in [1.29, 1.82) is 0 Å². The number of nitrogens with two attached hydrogens (primary N) is 1. The molecule has 0 spiro atoms. The first-order valence-electron chi connectivity index (χ1n) is 5.86. The Bertz CT molecular complexity index is 858. The minimum Gasteiger partial charge on any atom is -0.261 e. The number of primary sulfonamides is 1. The highest BCUT2D eigenvalue weighted by molar-refractivity contribution is 7.89. The summed E-state index contributed by atoms with van der Waals surface area (Å²) in [7, 11) is -3.71. The minimum absolute atomic E-state index is 0.0379. The normalized spacial score (nSPS) is 11.5. The van der Waals surface area contributed by atoms with Gasteiger partial charge in [-0.25, -0.2) is 23.5 Å². The first kappa shape index (κ1) is 13.3. The van der Waals surface area contributed by atoms with Crippen LogP contribution in [0.2, 0.25) is 0 Å². The van der Waals surface area contributed by atoms with E-state index < -0.39 is 10.0 Å². The Morgan fingerprint density at radius 3 is 2.48 bits per heavy atom. The molecule has 2 aromatic heterocycles. The van der Waals surface area contributed by atoms with Gasteiger partial charge in [0.25, 0.3) is 0 Å². The molecule has 0 aliphatic heterocycles. The van der Waals surface area contributed by atoms with Gasteiger partial charge in [-0.05, 0) is 24.3 Å². The van der Waals surface area contributed by atoms with Crippen LogP contribution in [0.15, 0.2) is 47.8 Å². The van der Waals surface area contributed by atoms with Gasteiger partial charge in [0.2, 0.25) is 10.0 Å². The van der Waals surface area contributed by atoms with Crippen LogP contribution in [0.3, 0.4) is 0 Å². The summed E-state index contributed by atoms with van der Waals surface area (Å²) in [6.07, 6.45) is 4.68. The lowest BCUT2D eigenvalue weighted by Crippen LogP contribution is -2.11. The second-order valence-corrected chi connectivity index (χ2v) is 5.73. The van der Waals surface area contributed by atoms with Gasteiger partial charge >= 0.3 is 0 Å². The van der Waals surface area contributed by atoms with Gasteiger partial charge in [-0.3, -0.25) is 10.1 Å². The van der Waals surface area contributed by atoms with Crippen molar-refractivity contribution >= 4 is 10.0 Å². The largest absolute Gasteiger partial charge is 0.261 e. The highest BCUT2D eigenvalue weighted by Gasteiger charge is 2.11. The van der Waals surface area contributed by atoms with E-state index in [1.807, 2.05) is 0 Å². The van der Waals surface area contributed by atoms with Gasteiger partial charge in [-0.15, -0.1) is 0 Å². The van der Waals surface area contributed by atoms with Crippen LogP contribution < -0.4 is 5.14 Å². The Morgan fingerprint density at radius 1 is 1.10 bits per heavy atom. The number of sulfonamides is 1. The van der Waals surface area contributed by atoms with Crippen LogP contribution in [0.1, 0.15) is 0 Å². The number of nitrogens with zero attached hydrogens (tertiary/aromatic N) is 4. The van der Waals surface area contributed by atoms with E-state index in [0.29, 0.717) is 22.9 Å². The highest BCUT2D eigenvalue weighted by atomic mass is 32.2. The standard InChI is InChI=1S/C12H10N6O2S/c13-21(19,20)9-3-1-8(2-4-9)11-16-12(18-17-11)10-7-14-5-6-15-10/h1-7H,(H2,13,19,20)(H,16,17,18). The average Bonchev–Trinajstić information content (AvgIpc) is 2.97. The van der Waals surface area contributed by atoms with E-state index in [1.165, 1.54) is 12.1 Å². The Morgan fingerprint density at radius 2 is 1.86 bits per heavy atom. The van der Waals surface area contributed by atoms with Crippen LogP contribution in [-0.4, -0.2) is 33.6 Å². The van der Waals surface area contributed by atoms with Gasteiger partial charge in [0.1, 0.15) is 5.69 Å². The second kappa shape index (κ2) is 5.04. The topological polar surface area (TPSA) is 128 Å². The SMILES string of the molecule is NS(=O)(=O)c1ccc(-c2n[nH]c(-c3cnccn3)n2)cc1. The number of aromatic nitrogens is 5. The Hall–Kier alpha value is -2.65. The van der Waals surface area contributed by atoms with Crippen molar-refractivity contribution in [1.82, 2.24) is 25.1 Å².